The van der Waals surface area contributed by atoms with Crippen molar-refractivity contribution in [1.29, 1.82) is 0 Å². The Balaban J connectivity index is 4.01. The van der Waals surface area contributed by atoms with Crippen LogP contribution in [0.3, 0.4) is 0 Å². The maximum absolute atomic E-state index is 13.0. The molecular weight excluding hydrogens is 1030 g/mol. The lowest BCUT2D eigenvalue weighted by molar-refractivity contribution is -0.870. The van der Waals surface area contributed by atoms with Crippen molar-refractivity contribution in [3.8, 4) is 0 Å². The summed E-state index contributed by atoms with van der Waals surface area (Å²) in [6.07, 6.45) is 89.2. The molecule has 0 fully saturated rings. The fraction of sp³-hybridized carbons (Fsp3) is 0.822. The Kier molecular flexibility index (Phi) is 61.8. The zero-order chi connectivity index (χ0) is 59.8. The minimum atomic E-state index is -4.36. The predicted molar refractivity (Wildman–Crippen MR) is 360 cm³/mol. The van der Waals surface area contributed by atoms with Crippen LogP contribution in [0.25, 0.3) is 0 Å². The lowest BCUT2D eigenvalue weighted by atomic mass is 10.0. The number of amides is 1. The second-order valence-corrected chi connectivity index (χ2v) is 26.7. The first kappa shape index (κ1) is 79.9. The van der Waals surface area contributed by atoms with E-state index in [0.717, 1.165) is 64.2 Å². The van der Waals surface area contributed by atoms with Crippen LogP contribution in [0.15, 0.2) is 72.9 Å². The third-order valence-electron chi connectivity index (χ3n) is 15.9. The van der Waals surface area contributed by atoms with E-state index in [1.807, 2.05) is 27.2 Å². The predicted octanol–water partition coefficient (Wildman–Crippen LogP) is 22.6. The minimum Gasteiger partial charge on any atom is -0.387 e. The number of aliphatic hydroxyl groups is 1. The van der Waals surface area contributed by atoms with Gasteiger partial charge in [0.2, 0.25) is 5.91 Å². The number of carbonyl (C=O) groups excluding carboxylic acids is 1. The highest BCUT2D eigenvalue weighted by atomic mass is 31.2. The number of nitrogens with one attached hydrogen (secondary N) is 1. The average Bonchev–Trinajstić information content (AvgIpc) is 3.47. The SMILES string of the molecule is CC/C=C\C/C=C\C/C=C\C/C=C\CCCCCCCCCCCCCCCCCCCCCCCCCCC(=O)NC(COP(=O)(O)OCC[N+](C)(C)C)C(O)/C=C/CC/C=C/CCCCCCCCCCCCCCCCCCC. The molecule has 0 saturated carbocycles. The Bertz CT molecular complexity index is 1570. The van der Waals surface area contributed by atoms with Crippen LogP contribution in [0.5, 0.6) is 0 Å². The van der Waals surface area contributed by atoms with Crippen LogP contribution in [-0.4, -0.2) is 73.4 Å². The molecule has 0 aromatic heterocycles. The van der Waals surface area contributed by atoms with Crippen molar-refractivity contribution in [2.24, 2.45) is 0 Å². The van der Waals surface area contributed by atoms with Gasteiger partial charge in [0, 0.05) is 6.42 Å². The molecule has 3 N–H and O–H groups in total. The molecule has 0 rings (SSSR count). The van der Waals surface area contributed by atoms with Crippen LogP contribution in [0.2, 0.25) is 0 Å². The van der Waals surface area contributed by atoms with Gasteiger partial charge in [0.05, 0.1) is 39.9 Å². The van der Waals surface area contributed by atoms with E-state index in [1.165, 1.54) is 250 Å². The molecule has 8 nitrogen and oxygen atoms in total. The molecule has 3 atom stereocenters. The monoisotopic (exact) mass is 1170 g/mol. The van der Waals surface area contributed by atoms with E-state index in [2.05, 4.69) is 79.9 Å². The molecule has 0 aromatic rings. The van der Waals surface area contributed by atoms with Gasteiger partial charge in [-0.1, -0.05) is 331 Å². The van der Waals surface area contributed by atoms with Gasteiger partial charge in [-0.3, -0.25) is 13.8 Å². The van der Waals surface area contributed by atoms with Gasteiger partial charge in [-0.2, -0.15) is 0 Å². The van der Waals surface area contributed by atoms with Crippen LogP contribution in [0.1, 0.15) is 335 Å². The summed E-state index contributed by atoms with van der Waals surface area (Å²) in [5, 5.41) is 14.0. The maximum atomic E-state index is 13.0. The Labute approximate surface area is 510 Å². The highest BCUT2D eigenvalue weighted by Crippen LogP contribution is 2.43. The van der Waals surface area contributed by atoms with Gasteiger partial charge in [0.1, 0.15) is 13.2 Å². The zero-order valence-electron chi connectivity index (χ0n) is 55.0. The molecule has 0 bridgehead atoms. The standard InChI is InChI=1S/C73H137N2O6P/c1-6-8-10-12-14-16-18-20-22-24-26-28-30-31-32-33-34-35-36-37-38-39-40-41-42-43-45-47-49-51-53-55-57-59-61-63-65-67-73(77)74-71(70-81-82(78,79)80-69-68-75(3,4)5)72(76)66-64-62-60-58-56-54-52-50-48-46-44-29-27-25-23-21-19-17-15-13-11-9-7-2/h8,10,14,16,20,22,26,28,56,58,64,66,71-72,76H,6-7,9,11-13,15,17-19,21,23-25,27,29-55,57,59-63,65,67-70H2,1-5H3,(H-,74,77,78,79)/p+1/b10-8-,16-14-,22-20-,28-26-,58-56+,66-64+. The molecule has 0 aliphatic carbocycles. The van der Waals surface area contributed by atoms with Crippen molar-refractivity contribution >= 4 is 13.7 Å². The van der Waals surface area contributed by atoms with E-state index in [9.17, 15) is 19.4 Å². The minimum absolute atomic E-state index is 0.0565. The smallest absolute Gasteiger partial charge is 0.387 e. The number of hydrogen-bond donors (Lipinski definition) is 3. The number of allylic oxidation sites excluding steroid dienone is 11. The molecule has 0 heterocycles. The van der Waals surface area contributed by atoms with Crippen LogP contribution in [-0.2, 0) is 18.4 Å². The summed E-state index contributed by atoms with van der Waals surface area (Å²) in [6.45, 7) is 4.73. The first-order chi connectivity index (χ1) is 40.0. The molecule has 0 aliphatic rings. The summed E-state index contributed by atoms with van der Waals surface area (Å²) < 4.78 is 23.8. The summed E-state index contributed by atoms with van der Waals surface area (Å²) in [4.78, 5) is 23.4. The highest BCUT2D eigenvalue weighted by Gasteiger charge is 2.28. The van der Waals surface area contributed by atoms with E-state index in [1.54, 1.807) is 6.08 Å². The second-order valence-electron chi connectivity index (χ2n) is 25.2. The summed E-state index contributed by atoms with van der Waals surface area (Å²) >= 11 is 0. The number of hydrogen-bond acceptors (Lipinski definition) is 5. The molecule has 480 valence electrons. The topological polar surface area (TPSA) is 105 Å². The Morgan fingerprint density at radius 3 is 1.12 bits per heavy atom. The van der Waals surface area contributed by atoms with Crippen molar-refractivity contribution in [2.45, 2.75) is 347 Å². The van der Waals surface area contributed by atoms with Crippen LogP contribution >= 0.6 is 7.82 Å². The number of carbonyl (C=O) groups is 1. The van der Waals surface area contributed by atoms with E-state index >= 15 is 0 Å². The van der Waals surface area contributed by atoms with Crippen molar-refractivity contribution < 1.29 is 32.9 Å². The van der Waals surface area contributed by atoms with Gasteiger partial charge in [0.25, 0.3) is 0 Å². The van der Waals surface area contributed by atoms with Gasteiger partial charge in [-0.05, 0) is 70.6 Å². The van der Waals surface area contributed by atoms with Crippen LogP contribution < -0.4 is 5.32 Å². The Morgan fingerprint density at radius 1 is 0.427 bits per heavy atom. The van der Waals surface area contributed by atoms with Crippen molar-refractivity contribution in [3.63, 3.8) is 0 Å². The van der Waals surface area contributed by atoms with Gasteiger partial charge >= 0.3 is 7.82 Å². The van der Waals surface area contributed by atoms with Crippen molar-refractivity contribution in [3.05, 3.63) is 72.9 Å². The fourth-order valence-electron chi connectivity index (χ4n) is 10.5. The Hall–Kier alpha value is -2.06. The third kappa shape index (κ3) is 65.5. The number of unbranched alkanes of at least 4 members (excludes halogenated alkanes) is 42. The molecule has 0 aliphatic heterocycles. The first-order valence-corrected chi connectivity index (χ1v) is 36.8. The molecule has 0 radical (unpaired) electrons. The second kappa shape index (κ2) is 63.4. The molecule has 0 spiro atoms. The normalized spacial score (nSPS) is 14.1. The zero-order valence-corrected chi connectivity index (χ0v) is 55.9. The number of rotatable bonds is 65. The third-order valence-corrected chi connectivity index (χ3v) is 16.9. The molecular formula is C73H138N2O6P+. The fourth-order valence-corrected chi connectivity index (χ4v) is 11.2. The Morgan fingerprint density at radius 2 is 0.744 bits per heavy atom. The summed E-state index contributed by atoms with van der Waals surface area (Å²) in [5.74, 6) is -0.181. The quantitative estimate of drug-likeness (QED) is 0.0243. The van der Waals surface area contributed by atoms with E-state index in [0.29, 0.717) is 17.4 Å². The molecule has 82 heavy (non-hydrogen) atoms. The molecule has 9 heteroatoms. The number of phosphoric acid groups is 1. The van der Waals surface area contributed by atoms with Gasteiger partial charge in [-0.15, -0.1) is 0 Å². The van der Waals surface area contributed by atoms with Gasteiger partial charge < -0.3 is 19.8 Å². The number of phosphoric ester groups is 1. The van der Waals surface area contributed by atoms with E-state index < -0.39 is 20.0 Å². The summed E-state index contributed by atoms with van der Waals surface area (Å²) in [5.41, 5.74) is 0. The maximum Gasteiger partial charge on any atom is 0.472 e. The lowest BCUT2D eigenvalue weighted by Crippen LogP contribution is -2.45. The number of likely N-dealkylation sites (N-methyl/N-ethyl adjacent to an activating group) is 1. The number of nitrogens with zero attached hydrogens (tertiary/aromatic N) is 1. The average molecular weight is 1170 g/mol. The molecule has 3 unspecified atom stereocenters. The van der Waals surface area contributed by atoms with Gasteiger partial charge in [-0.25, -0.2) is 4.57 Å². The summed E-state index contributed by atoms with van der Waals surface area (Å²) in [7, 11) is 1.57. The largest absolute Gasteiger partial charge is 0.472 e. The molecule has 0 aromatic carbocycles. The highest BCUT2D eigenvalue weighted by molar-refractivity contribution is 7.47. The van der Waals surface area contributed by atoms with Crippen LogP contribution in [0, 0.1) is 0 Å². The van der Waals surface area contributed by atoms with Gasteiger partial charge in [0.15, 0.2) is 0 Å². The van der Waals surface area contributed by atoms with Crippen molar-refractivity contribution in [1.82, 2.24) is 5.32 Å². The van der Waals surface area contributed by atoms with E-state index in [4.69, 9.17) is 9.05 Å². The lowest BCUT2D eigenvalue weighted by Gasteiger charge is -2.25. The number of aliphatic hydroxyl groups excluding tert-OH is 1. The van der Waals surface area contributed by atoms with E-state index in [-0.39, 0.29) is 19.1 Å². The van der Waals surface area contributed by atoms with Crippen LogP contribution in [0.4, 0.5) is 0 Å². The summed E-state index contributed by atoms with van der Waals surface area (Å²) in [6, 6.07) is -0.865. The molecule has 0 saturated heterocycles. The first-order valence-electron chi connectivity index (χ1n) is 35.3. The number of quaternary nitrogens is 1. The van der Waals surface area contributed by atoms with Crippen molar-refractivity contribution in [2.75, 3.05) is 40.9 Å². The molecule has 1 amide bonds.